The first kappa shape index (κ1) is 12.7. The van der Waals surface area contributed by atoms with Gasteiger partial charge in [0.25, 0.3) is 0 Å². The minimum Gasteiger partial charge on any atom is -0.222 e. The molecule has 0 aromatic heterocycles. The van der Waals surface area contributed by atoms with Gasteiger partial charge in [-0.2, -0.15) is 5.26 Å². The number of aryl methyl sites for hydroxylation is 2. The average molecular weight is 275 g/mol. The monoisotopic (exact) mass is 275 g/mol. The molecule has 0 amide bonds. The summed E-state index contributed by atoms with van der Waals surface area (Å²) in [6.07, 6.45) is 3.20. The predicted octanol–water partition coefficient (Wildman–Crippen LogP) is 2.91. The lowest BCUT2D eigenvalue weighted by molar-refractivity contribution is 0.238. The maximum atomic E-state index is 12.7. The van der Waals surface area contributed by atoms with Crippen LogP contribution in [0.25, 0.3) is 0 Å². The summed E-state index contributed by atoms with van der Waals surface area (Å²) in [7, 11) is -3.55. The first-order valence-corrected chi connectivity index (χ1v) is 8.06. The standard InChI is InChI=1S/C15H17NO2S/c1-11-3-4-13(7-12(11)2)19(17,18)15(10-16)8-14(9-15)5-6-14/h3-4,7H,5-6,8-9H2,1-2H3. The highest BCUT2D eigenvalue weighted by atomic mass is 32.2. The molecule has 2 fully saturated rings. The normalized spacial score (nSPS) is 22.6. The van der Waals surface area contributed by atoms with Crippen LogP contribution in [-0.4, -0.2) is 13.2 Å². The Bertz CT molecular complexity index is 685. The molecule has 3 rings (SSSR count). The molecule has 0 N–H and O–H groups in total. The molecule has 2 saturated carbocycles. The van der Waals surface area contributed by atoms with Crippen molar-refractivity contribution in [3.8, 4) is 6.07 Å². The maximum absolute atomic E-state index is 12.7. The summed E-state index contributed by atoms with van der Waals surface area (Å²) in [6.45, 7) is 3.85. The zero-order valence-corrected chi connectivity index (χ0v) is 12.0. The summed E-state index contributed by atoms with van der Waals surface area (Å²) in [6, 6.07) is 7.24. The Morgan fingerprint density at radius 2 is 1.79 bits per heavy atom. The average Bonchev–Trinajstić information content (AvgIpc) is 3.10. The van der Waals surface area contributed by atoms with Crippen LogP contribution in [0.4, 0.5) is 0 Å². The van der Waals surface area contributed by atoms with E-state index in [2.05, 4.69) is 6.07 Å². The van der Waals surface area contributed by atoms with Crippen molar-refractivity contribution in [1.82, 2.24) is 0 Å². The molecule has 19 heavy (non-hydrogen) atoms. The molecule has 1 aromatic rings. The van der Waals surface area contributed by atoms with E-state index in [0.717, 1.165) is 24.0 Å². The summed E-state index contributed by atoms with van der Waals surface area (Å²) >= 11 is 0. The van der Waals surface area contributed by atoms with Gasteiger partial charge in [0.1, 0.15) is 0 Å². The van der Waals surface area contributed by atoms with Gasteiger partial charge in [-0.15, -0.1) is 0 Å². The van der Waals surface area contributed by atoms with Crippen LogP contribution in [0.3, 0.4) is 0 Å². The van der Waals surface area contributed by atoms with Crippen LogP contribution in [0.1, 0.15) is 36.8 Å². The quantitative estimate of drug-likeness (QED) is 0.833. The fourth-order valence-corrected chi connectivity index (χ4v) is 5.27. The molecule has 0 aliphatic heterocycles. The second-order valence-electron chi connectivity index (χ2n) is 6.21. The van der Waals surface area contributed by atoms with Gasteiger partial charge in [-0.1, -0.05) is 6.07 Å². The molecule has 4 heteroatoms. The SMILES string of the molecule is Cc1ccc(S(=O)(=O)C2(C#N)CC3(CC3)C2)cc1C. The van der Waals surface area contributed by atoms with Crippen LogP contribution < -0.4 is 0 Å². The molecular weight excluding hydrogens is 258 g/mol. The predicted molar refractivity (Wildman–Crippen MR) is 72.3 cm³/mol. The third kappa shape index (κ3) is 1.64. The van der Waals surface area contributed by atoms with Gasteiger partial charge in [-0.25, -0.2) is 8.42 Å². The Morgan fingerprint density at radius 1 is 1.16 bits per heavy atom. The fourth-order valence-electron chi connectivity index (χ4n) is 3.13. The summed E-state index contributed by atoms with van der Waals surface area (Å²) in [4.78, 5) is 0.299. The van der Waals surface area contributed by atoms with E-state index in [1.54, 1.807) is 12.1 Å². The Labute approximate surface area is 114 Å². The summed E-state index contributed by atoms with van der Waals surface area (Å²) in [5.41, 5.74) is 2.20. The molecular formula is C15H17NO2S. The number of sulfone groups is 1. The Hall–Kier alpha value is -1.34. The van der Waals surface area contributed by atoms with Crippen molar-refractivity contribution >= 4 is 9.84 Å². The van der Waals surface area contributed by atoms with Gasteiger partial charge in [0.05, 0.1) is 11.0 Å². The van der Waals surface area contributed by atoms with E-state index in [1.165, 1.54) is 0 Å². The van der Waals surface area contributed by atoms with E-state index in [1.807, 2.05) is 19.9 Å². The smallest absolute Gasteiger partial charge is 0.197 e. The molecule has 100 valence electrons. The van der Waals surface area contributed by atoms with Crippen molar-refractivity contribution < 1.29 is 8.42 Å². The van der Waals surface area contributed by atoms with Crippen LogP contribution in [-0.2, 0) is 9.84 Å². The highest BCUT2D eigenvalue weighted by Crippen LogP contribution is 2.67. The van der Waals surface area contributed by atoms with Crippen LogP contribution in [0.15, 0.2) is 23.1 Å². The molecule has 2 aliphatic carbocycles. The highest BCUT2D eigenvalue weighted by molar-refractivity contribution is 7.93. The molecule has 0 unspecified atom stereocenters. The molecule has 0 saturated heterocycles. The van der Waals surface area contributed by atoms with Crippen molar-refractivity contribution in [3.05, 3.63) is 29.3 Å². The molecule has 2 aliphatic rings. The Kier molecular flexibility index (Phi) is 2.41. The van der Waals surface area contributed by atoms with Crippen LogP contribution in [0.5, 0.6) is 0 Å². The van der Waals surface area contributed by atoms with Crippen molar-refractivity contribution in [2.75, 3.05) is 0 Å². The second kappa shape index (κ2) is 3.61. The van der Waals surface area contributed by atoms with Crippen molar-refractivity contribution in [3.63, 3.8) is 0 Å². The van der Waals surface area contributed by atoms with Crippen molar-refractivity contribution in [2.24, 2.45) is 5.41 Å². The van der Waals surface area contributed by atoms with Gasteiger partial charge in [0.2, 0.25) is 0 Å². The lowest BCUT2D eigenvalue weighted by atomic mass is 9.72. The van der Waals surface area contributed by atoms with Gasteiger partial charge in [0.15, 0.2) is 14.6 Å². The van der Waals surface area contributed by atoms with E-state index in [4.69, 9.17) is 0 Å². The number of hydrogen-bond acceptors (Lipinski definition) is 3. The lowest BCUT2D eigenvalue weighted by Gasteiger charge is -2.42. The zero-order chi connectivity index (χ0) is 13.9. The number of rotatable bonds is 2. The molecule has 0 atom stereocenters. The van der Waals surface area contributed by atoms with Gasteiger partial charge in [0, 0.05) is 0 Å². The number of nitrogens with zero attached hydrogens (tertiary/aromatic N) is 1. The molecule has 0 heterocycles. The van der Waals surface area contributed by atoms with E-state index >= 15 is 0 Å². The van der Waals surface area contributed by atoms with Crippen LogP contribution >= 0.6 is 0 Å². The number of hydrogen-bond donors (Lipinski definition) is 0. The van der Waals surface area contributed by atoms with E-state index < -0.39 is 14.6 Å². The van der Waals surface area contributed by atoms with Gasteiger partial charge < -0.3 is 0 Å². The topological polar surface area (TPSA) is 57.9 Å². The van der Waals surface area contributed by atoms with Gasteiger partial charge in [-0.05, 0) is 68.2 Å². The van der Waals surface area contributed by atoms with Crippen molar-refractivity contribution in [1.29, 1.82) is 5.26 Å². The third-order valence-electron chi connectivity index (χ3n) is 4.79. The molecule has 0 radical (unpaired) electrons. The Balaban J connectivity index is 2.02. The summed E-state index contributed by atoms with van der Waals surface area (Å²) in [5.74, 6) is 0. The zero-order valence-electron chi connectivity index (χ0n) is 11.2. The summed E-state index contributed by atoms with van der Waals surface area (Å²) in [5, 5.41) is 9.39. The molecule has 1 aromatic carbocycles. The third-order valence-corrected chi connectivity index (χ3v) is 7.07. The minimum absolute atomic E-state index is 0.183. The molecule has 0 bridgehead atoms. The first-order chi connectivity index (χ1) is 8.84. The fraction of sp³-hybridized carbons (Fsp3) is 0.533. The maximum Gasteiger partial charge on any atom is 0.197 e. The number of benzene rings is 1. The van der Waals surface area contributed by atoms with Crippen molar-refractivity contribution in [2.45, 2.75) is 49.2 Å². The lowest BCUT2D eigenvalue weighted by Crippen LogP contribution is -2.50. The van der Waals surface area contributed by atoms with Gasteiger partial charge >= 0.3 is 0 Å². The summed E-state index contributed by atoms with van der Waals surface area (Å²) < 4.78 is 24.3. The largest absolute Gasteiger partial charge is 0.222 e. The Morgan fingerprint density at radius 3 is 2.26 bits per heavy atom. The van der Waals surface area contributed by atoms with Crippen LogP contribution in [0, 0.1) is 30.6 Å². The molecule has 1 spiro atoms. The highest BCUT2D eigenvalue weighted by Gasteiger charge is 2.67. The number of nitriles is 1. The first-order valence-electron chi connectivity index (χ1n) is 6.57. The van der Waals surface area contributed by atoms with E-state index in [0.29, 0.717) is 17.7 Å². The molecule has 3 nitrogen and oxygen atoms in total. The van der Waals surface area contributed by atoms with E-state index in [-0.39, 0.29) is 5.41 Å². The minimum atomic E-state index is -3.55. The second-order valence-corrected chi connectivity index (χ2v) is 8.47. The van der Waals surface area contributed by atoms with Crippen LogP contribution in [0.2, 0.25) is 0 Å². The van der Waals surface area contributed by atoms with Gasteiger partial charge in [-0.3, -0.25) is 0 Å². The van der Waals surface area contributed by atoms with E-state index in [9.17, 15) is 13.7 Å².